The van der Waals surface area contributed by atoms with Gasteiger partial charge in [0.1, 0.15) is 5.82 Å². The molecule has 0 amide bonds. The van der Waals surface area contributed by atoms with E-state index in [0.29, 0.717) is 24.6 Å². The zero-order valence-corrected chi connectivity index (χ0v) is 11.1. The molecule has 2 rings (SSSR count). The van der Waals surface area contributed by atoms with E-state index in [1.165, 1.54) is 0 Å². The van der Waals surface area contributed by atoms with Crippen LogP contribution < -0.4 is 0 Å². The van der Waals surface area contributed by atoms with Crippen LogP contribution in [0.15, 0.2) is 30.6 Å². The molecule has 2 aromatic rings. The van der Waals surface area contributed by atoms with E-state index in [0.717, 1.165) is 5.56 Å². The Kier molecular flexibility index (Phi) is 4.11. The van der Waals surface area contributed by atoms with Crippen LogP contribution in [0.25, 0.3) is 0 Å². The van der Waals surface area contributed by atoms with Crippen LogP contribution in [0.5, 0.6) is 0 Å². The van der Waals surface area contributed by atoms with Crippen molar-refractivity contribution in [3.05, 3.63) is 53.1 Å². The normalized spacial score (nSPS) is 11.7. The molecule has 3 nitrogen and oxygen atoms in total. The largest absolute Gasteiger partial charge is 0.416 e. The van der Waals surface area contributed by atoms with Crippen molar-refractivity contribution in [2.75, 3.05) is 0 Å². The zero-order valence-electron chi connectivity index (χ0n) is 11.1. The second-order valence-electron chi connectivity index (χ2n) is 4.64. The highest BCUT2D eigenvalue weighted by molar-refractivity contribution is 5.96. The summed E-state index contributed by atoms with van der Waals surface area (Å²) in [5.74, 6) is -1.61. The van der Waals surface area contributed by atoms with Crippen LogP contribution in [-0.4, -0.2) is 15.6 Å². The standard InChI is InChI=1S/C14H12F4N2O/c1-20-8-9(7-19-20)2-5-13(21)11-6-10(14(16,17)18)3-4-12(11)15/h3-4,6-8H,2,5H2,1H3. The highest BCUT2D eigenvalue weighted by Crippen LogP contribution is 2.30. The third kappa shape index (κ3) is 3.68. The number of carbonyl (C=O) groups excluding carboxylic acids is 1. The zero-order chi connectivity index (χ0) is 15.6. The Balaban J connectivity index is 2.15. The van der Waals surface area contributed by atoms with Gasteiger partial charge in [0.25, 0.3) is 0 Å². The summed E-state index contributed by atoms with van der Waals surface area (Å²) in [4.78, 5) is 11.9. The number of aryl methyl sites for hydroxylation is 2. The van der Waals surface area contributed by atoms with Crippen LogP contribution in [0, 0.1) is 5.82 Å². The van der Waals surface area contributed by atoms with Gasteiger partial charge < -0.3 is 0 Å². The van der Waals surface area contributed by atoms with Gasteiger partial charge in [-0.05, 0) is 30.2 Å². The smallest absolute Gasteiger partial charge is 0.294 e. The number of Topliss-reactive ketones (excluding diaryl/α,β-unsaturated/α-hetero) is 1. The van der Waals surface area contributed by atoms with E-state index in [1.54, 1.807) is 24.1 Å². The van der Waals surface area contributed by atoms with Gasteiger partial charge in [-0.25, -0.2) is 4.39 Å². The average Bonchev–Trinajstić information content (AvgIpc) is 2.81. The molecular formula is C14H12F4N2O. The number of benzene rings is 1. The minimum atomic E-state index is -4.61. The summed E-state index contributed by atoms with van der Waals surface area (Å²) in [6.07, 6.45) is -1.15. The molecule has 112 valence electrons. The van der Waals surface area contributed by atoms with Crippen molar-refractivity contribution in [3.63, 3.8) is 0 Å². The first-order valence-electron chi connectivity index (χ1n) is 6.15. The lowest BCUT2D eigenvalue weighted by molar-refractivity contribution is -0.137. The Labute approximate surface area is 118 Å². The monoisotopic (exact) mass is 300 g/mol. The maximum absolute atomic E-state index is 13.5. The van der Waals surface area contributed by atoms with Crippen molar-refractivity contribution in [2.24, 2.45) is 7.05 Å². The molecule has 0 saturated heterocycles. The second kappa shape index (κ2) is 5.67. The molecular weight excluding hydrogens is 288 g/mol. The Morgan fingerprint density at radius 2 is 2.05 bits per heavy atom. The number of hydrogen-bond acceptors (Lipinski definition) is 2. The molecule has 0 atom stereocenters. The lowest BCUT2D eigenvalue weighted by atomic mass is 10.0. The minimum Gasteiger partial charge on any atom is -0.294 e. The molecule has 0 aliphatic carbocycles. The van der Waals surface area contributed by atoms with Gasteiger partial charge >= 0.3 is 6.18 Å². The highest BCUT2D eigenvalue weighted by atomic mass is 19.4. The third-order valence-corrected chi connectivity index (χ3v) is 2.99. The number of rotatable bonds is 4. The Bertz CT molecular complexity index is 661. The molecule has 0 unspecified atom stereocenters. The summed E-state index contributed by atoms with van der Waals surface area (Å²) in [5.41, 5.74) is -0.805. The molecule has 0 saturated carbocycles. The number of halogens is 4. The first kappa shape index (κ1) is 15.2. The fraction of sp³-hybridized carbons (Fsp3) is 0.286. The highest BCUT2D eigenvalue weighted by Gasteiger charge is 2.31. The molecule has 0 aliphatic heterocycles. The van der Waals surface area contributed by atoms with Crippen molar-refractivity contribution < 1.29 is 22.4 Å². The maximum atomic E-state index is 13.5. The minimum absolute atomic E-state index is 0.0794. The van der Waals surface area contributed by atoms with Crippen molar-refractivity contribution in [1.82, 2.24) is 9.78 Å². The first-order chi connectivity index (χ1) is 9.77. The topological polar surface area (TPSA) is 34.9 Å². The van der Waals surface area contributed by atoms with Crippen molar-refractivity contribution in [3.8, 4) is 0 Å². The fourth-order valence-corrected chi connectivity index (χ4v) is 1.91. The predicted octanol–water partition coefficient (Wildman–Crippen LogP) is 3.39. The molecule has 0 fully saturated rings. The summed E-state index contributed by atoms with van der Waals surface area (Å²) < 4.78 is 52.8. The lowest BCUT2D eigenvalue weighted by Gasteiger charge is -2.09. The van der Waals surface area contributed by atoms with Crippen molar-refractivity contribution >= 4 is 5.78 Å². The van der Waals surface area contributed by atoms with Gasteiger partial charge in [-0.15, -0.1) is 0 Å². The van der Waals surface area contributed by atoms with E-state index in [-0.39, 0.29) is 6.42 Å². The molecule has 21 heavy (non-hydrogen) atoms. The van der Waals surface area contributed by atoms with Crippen LogP contribution in [-0.2, 0) is 19.6 Å². The van der Waals surface area contributed by atoms with Gasteiger partial charge in [0.15, 0.2) is 5.78 Å². The van der Waals surface area contributed by atoms with Crippen LogP contribution in [0.1, 0.15) is 27.9 Å². The van der Waals surface area contributed by atoms with Crippen LogP contribution in [0.2, 0.25) is 0 Å². The van der Waals surface area contributed by atoms with Gasteiger partial charge in [-0.1, -0.05) is 0 Å². The van der Waals surface area contributed by atoms with Crippen LogP contribution in [0.4, 0.5) is 17.6 Å². The molecule has 0 aliphatic rings. The number of carbonyl (C=O) groups is 1. The van der Waals surface area contributed by atoms with Crippen LogP contribution >= 0.6 is 0 Å². The van der Waals surface area contributed by atoms with Gasteiger partial charge in [-0.2, -0.15) is 18.3 Å². The third-order valence-electron chi connectivity index (χ3n) is 2.99. The van der Waals surface area contributed by atoms with Crippen molar-refractivity contribution in [2.45, 2.75) is 19.0 Å². The second-order valence-corrected chi connectivity index (χ2v) is 4.64. The quantitative estimate of drug-likeness (QED) is 0.641. The predicted molar refractivity (Wildman–Crippen MR) is 67.3 cm³/mol. The van der Waals surface area contributed by atoms with Crippen molar-refractivity contribution in [1.29, 1.82) is 0 Å². The number of nitrogens with zero attached hydrogens (tertiary/aromatic N) is 2. The number of alkyl halides is 3. The number of ketones is 1. The average molecular weight is 300 g/mol. The van der Waals surface area contributed by atoms with E-state index in [2.05, 4.69) is 5.10 Å². The van der Waals surface area contributed by atoms with E-state index in [4.69, 9.17) is 0 Å². The van der Waals surface area contributed by atoms with E-state index < -0.39 is 28.9 Å². The Hall–Kier alpha value is -2.18. The molecule has 0 N–H and O–H groups in total. The fourth-order valence-electron chi connectivity index (χ4n) is 1.91. The van der Waals surface area contributed by atoms with E-state index >= 15 is 0 Å². The number of hydrogen-bond donors (Lipinski definition) is 0. The summed E-state index contributed by atoms with van der Waals surface area (Å²) in [5, 5.41) is 3.91. The van der Waals surface area contributed by atoms with Gasteiger partial charge in [-0.3, -0.25) is 9.48 Å². The molecule has 1 aromatic heterocycles. The molecule has 1 aromatic carbocycles. The first-order valence-corrected chi connectivity index (χ1v) is 6.15. The molecule has 7 heteroatoms. The van der Waals surface area contributed by atoms with E-state index in [1.807, 2.05) is 0 Å². The summed E-state index contributed by atoms with van der Waals surface area (Å²) in [7, 11) is 1.71. The Morgan fingerprint density at radius 3 is 2.62 bits per heavy atom. The van der Waals surface area contributed by atoms with Crippen LogP contribution in [0.3, 0.4) is 0 Å². The van der Waals surface area contributed by atoms with E-state index in [9.17, 15) is 22.4 Å². The Morgan fingerprint density at radius 1 is 1.33 bits per heavy atom. The molecule has 0 bridgehead atoms. The maximum Gasteiger partial charge on any atom is 0.416 e. The van der Waals surface area contributed by atoms with Gasteiger partial charge in [0.05, 0.1) is 17.3 Å². The molecule has 0 spiro atoms. The van der Waals surface area contributed by atoms with Gasteiger partial charge in [0, 0.05) is 19.7 Å². The SMILES string of the molecule is Cn1cc(CCC(=O)c2cc(C(F)(F)F)ccc2F)cn1. The summed E-state index contributed by atoms with van der Waals surface area (Å²) in [6, 6.07) is 1.84. The lowest BCUT2D eigenvalue weighted by Crippen LogP contribution is -2.10. The molecule has 1 heterocycles. The number of aromatic nitrogens is 2. The van der Waals surface area contributed by atoms with Gasteiger partial charge in [0.2, 0.25) is 0 Å². The summed E-state index contributed by atoms with van der Waals surface area (Å²) >= 11 is 0. The summed E-state index contributed by atoms with van der Waals surface area (Å²) in [6.45, 7) is 0. The molecule has 0 radical (unpaired) electrons.